The highest BCUT2D eigenvalue weighted by Gasteiger charge is 2.41. The van der Waals surface area contributed by atoms with Crippen molar-refractivity contribution in [3.63, 3.8) is 0 Å². The molecule has 2 aliphatic heterocycles. The molecule has 0 bridgehead atoms. The summed E-state index contributed by atoms with van der Waals surface area (Å²) in [5.41, 5.74) is 0. The number of hydrogen-bond acceptors (Lipinski definition) is 3. The van der Waals surface area contributed by atoms with Gasteiger partial charge in [0.25, 0.3) is 0 Å². The smallest absolute Gasteiger partial charge is 0.216 e. The lowest BCUT2D eigenvalue weighted by molar-refractivity contribution is 0.442. The summed E-state index contributed by atoms with van der Waals surface area (Å²) in [6.07, 6.45) is 1.12. The van der Waals surface area contributed by atoms with Crippen molar-refractivity contribution in [3.8, 4) is 0 Å². The molecule has 0 spiro atoms. The standard InChI is InChI=1S/C9H18N2O2S/c1-7(2)14(12,13)11-5-8-3-4-10-9(8)6-11/h7-10H,3-6H2,1-2H3. The van der Waals surface area contributed by atoms with Crippen molar-refractivity contribution in [3.05, 3.63) is 0 Å². The molecule has 0 aromatic heterocycles. The second kappa shape index (κ2) is 3.47. The van der Waals surface area contributed by atoms with E-state index >= 15 is 0 Å². The third kappa shape index (κ3) is 1.57. The fourth-order valence-corrected chi connectivity index (χ4v) is 3.68. The number of fused-ring (bicyclic) bond motifs is 1. The number of nitrogens with zero attached hydrogens (tertiary/aromatic N) is 1. The quantitative estimate of drug-likeness (QED) is 0.711. The summed E-state index contributed by atoms with van der Waals surface area (Å²) < 4.78 is 25.4. The van der Waals surface area contributed by atoms with E-state index in [0.717, 1.165) is 19.5 Å². The Hall–Kier alpha value is -0.130. The first-order valence-corrected chi connectivity index (χ1v) is 6.74. The highest BCUT2D eigenvalue weighted by Crippen LogP contribution is 2.27. The average molecular weight is 218 g/mol. The molecule has 82 valence electrons. The Morgan fingerprint density at radius 1 is 1.36 bits per heavy atom. The Morgan fingerprint density at radius 2 is 2.07 bits per heavy atom. The van der Waals surface area contributed by atoms with Gasteiger partial charge in [0.2, 0.25) is 10.0 Å². The van der Waals surface area contributed by atoms with Crippen LogP contribution >= 0.6 is 0 Å². The van der Waals surface area contributed by atoms with Crippen molar-refractivity contribution in [2.75, 3.05) is 19.6 Å². The highest BCUT2D eigenvalue weighted by atomic mass is 32.2. The van der Waals surface area contributed by atoms with Crippen molar-refractivity contribution in [2.45, 2.75) is 31.6 Å². The first-order valence-electron chi connectivity index (χ1n) is 5.24. The zero-order chi connectivity index (χ0) is 10.3. The Labute approximate surface area is 85.7 Å². The maximum atomic E-state index is 11.9. The maximum Gasteiger partial charge on any atom is 0.216 e. The SMILES string of the molecule is CC(C)S(=O)(=O)N1CC2CCNC2C1. The van der Waals surface area contributed by atoms with Crippen molar-refractivity contribution in [1.82, 2.24) is 9.62 Å². The van der Waals surface area contributed by atoms with Gasteiger partial charge in [0.1, 0.15) is 0 Å². The van der Waals surface area contributed by atoms with Crippen molar-refractivity contribution in [2.24, 2.45) is 5.92 Å². The number of hydrogen-bond donors (Lipinski definition) is 1. The zero-order valence-corrected chi connectivity index (χ0v) is 9.55. The molecule has 0 saturated carbocycles. The summed E-state index contributed by atoms with van der Waals surface area (Å²) >= 11 is 0. The zero-order valence-electron chi connectivity index (χ0n) is 8.73. The molecule has 2 saturated heterocycles. The summed E-state index contributed by atoms with van der Waals surface area (Å²) in [6, 6.07) is 0.406. The predicted molar refractivity (Wildman–Crippen MR) is 55.5 cm³/mol. The van der Waals surface area contributed by atoms with Crippen LogP contribution in [0.5, 0.6) is 0 Å². The van der Waals surface area contributed by atoms with E-state index in [0.29, 0.717) is 18.5 Å². The minimum Gasteiger partial charge on any atom is -0.312 e. The van der Waals surface area contributed by atoms with Gasteiger partial charge in [-0.15, -0.1) is 0 Å². The fraction of sp³-hybridized carbons (Fsp3) is 1.00. The van der Waals surface area contributed by atoms with Gasteiger partial charge in [0.15, 0.2) is 0 Å². The van der Waals surface area contributed by atoms with E-state index in [2.05, 4.69) is 5.32 Å². The molecule has 2 unspecified atom stereocenters. The summed E-state index contributed by atoms with van der Waals surface area (Å²) in [7, 11) is -3.03. The molecule has 2 rings (SSSR count). The summed E-state index contributed by atoms with van der Waals surface area (Å²) in [6.45, 7) is 5.93. The fourth-order valence-electron chi connectivity index (χ4n) is 2.32. The molecule has 2 atom stereocenters. The summed E-state index contributed by atoms with van der Waals surface area (Å²) in [5, 5.41) is 3.06. The van der Waals surface area contributed by atoms with E-state index in [-0.39, 0.29) is 5.25 Å². The molecule has 5 heteroatoms. The van der Waals surface area contributed by atoms with Crippen LogP contribution in [-0.4, -0.2) is 43.6 Å². The summed E-state index contributed by atoms with van der Waals surface area (Å²) in [4.78, 5) is 0. The Bertz CT molecular complexity index is 301. The van der Waals surface area contributed by atoms with Crippen molar-refractivity contribution >= 4 is 10.0 Å². The first-order chi connectivity index (χ1) is 6.51. The molecule has 0 aliphatic carbocycles. The van der Waals surface area contributed by atoms with Crippen LogP contribution in [0.2, 0.25) is 0 Å². The Morgan fingerprint density at radius 3 is 2.64 bits per heavy atom. The van der Waals surface area contributed by atoms with Gasteiger partial charge in [0.05, 0.1) is 5.25 Å². The van der Waals surface area contributed by atoms with E-state index in [1.165, 1.54) is 0 Å². The van der Waals surface area contributed by atoms with E-state index < -0.39 is 10.0 Å². The highest BCUT2D eigenvalue weighted by molar-refractivity contribution is 7.89. The first kappa shape index (κ1) is 10.4. The van der Waals surface area contributed by atoms with Gasteiger partial charge in [-0.1, -0.05) is 0 Å². The average Bonchev–Trinajstić information content (AvgIpc) is 2.60. The number of nitrogens with one attached hydrogen (secondary N) is 1. The topological polar surface area (TPSA) is 49.4 Å². The molecular formula is C9H18N2O2S. The van der Waals surface area contributed by atoms with Crippen molar-refractivity contribution in [1.29, 1.82) is 0 Å². The maximum absolute atomic E-state index is 11.9. The van der Waals surface area contributed by atoms with Crippen LogP contribution in [0, 0.1) is 5.92 Å². The molecule has 2 aliphatic rings. The molecule has 14 heavy (non-hydrogen) atoms. The third-order valence-electron chi connectivity index (χ3n) is 3.28. The van der Waals surface area contributed by atoms with Crippen LogP contribution in [0.25, 0.3) is 0 Å². The molecule has 4 nitrogen and oxygen atoms in total. The number of rotatable bonds is 2. The third-order valence-corrected chi connectivity index (χ3v) is 5.49. The van der Waals surface area contributed by atoms with Crippen LogP contribution in [0.3, 0.4) is 0 Å². The lowest BCUT2D eigenvalue weighted by atomic mass is 10.1. The molecular weight excluding hydrogens is 200 g/mol. The van der Waals surface area contributed by atoms with E-state index in [4.69, 9.17) is 0 Å². The van der Waals surface area contributed by atoms with Crippen LogP contribution in [-0.2, 0) is 10.0 Å². The lowest BCUT2D eigenvalue weighted by Crippen LogP contribution is -2.37. The largest absolute Gasteiger partial charge is 0.312 e. The van der Waals surface area contributed by atoms with Crippen molar-refractivity contribution < 1.29 is 8.42 Å². The second-order valence-electron chi connectivity index (χ2n) is 4.52. The molecule has 0 aromatic rings. The van der Waals surface area contributed by atoms with Gasteiger partial charge in [-0.2, -0.15) is 4.31 Å². The van der Waals surface area contributed by atoms with E-state index in [9.17, 15) is 8.42 Å². The molecule has 2 fully saturated rings. The Balaban J connectivity index is 2.09. The van der Waals surface area contributed by atoms with Crippen LogP contribution in [0.15, 0.2) is 0 Å². The second-order valence-corrected chi connectivity index (χ2v) is 7.01. The van der Waals surface area contributed by atoms with Crippen LogP contribution in [0.4, 0.5) is 0 Å². The molecule has 1 N–H and O–H groups in total. The van der Waals surface area contributed by atoms with E-state index in [1.807, 2.05) is 0 Å². The normalized spacial score (nSPS) is 33.9. The van der Waals surface area contributed by atoms with Crippen LogP contribution in [0.1, 0.15) is 20.3 Å². The minimum absolute atomic E-state index is 0.290. The predicted octanol–water partition coefficient (Wildman–Crippen LogP) is 0.0183. The summed E-state index contributed by atoms with van der Waals surface area (Å²) in [5.74, 6) is 0.545. The number of sulfonamides is 1. The van der Waals surface area contributed by atoms with Gasteiger partial charge in [-0.25, -0.2) is 8.42 Å². The van der Waals surface area contributed by atoms with Gasteiger partial charge in [0, 0.05) is 19.1 Å². The van der Waals surface area contributed by atoms with Crippen LogP contribution < -0.4 is 5.32 Å². The monoisotopic (exact) mass is 218 g/mol. The molecule has 0 amide bonds. The minimum atomic E-state index is -3.03. The Kier molecular flexibility index (Phi) is 2.57. The molecule has 2 heterocycles. The van der Waals surface area contributed by atoms with Gasteiger partial charge in [-0.05, 0) is 32.7 Å². The van der Waals surface area contributed by atoms with Gasteiger partial charge in [-0.3, -0.25) is 0 Å². The lowest BCUT2D eigenvalue weighted by Gasteiger charge is -2.19. The van der Waals surface area contributed by atoms with Gasteiger partial charge < -0.3 is 5.32 Å². The molecule has 0 radical (unpaired) electrons. The van der Waals surface area contributed by atoms with Gasteiger partial charge >= 0.3 is 0 Å². The molecule has 0 aromatic carbocycles. The van der Waals surface area contributed by atoms with E-state index in [1.54, 1.807) is 18.2 Å².